The molecule has 0 amide bonds. The van der Waals surface area contributed by atoms with E-state index in [1.165, 1.54) is 32.6 Å². The Morgan fingerprint density at radius 3 is 2.38 bits per heavy atom. The maximum absolute atomic E-state index is 4.64. The lowest BCUT2D eigenvalue weighted by Gasteiger charge is -2.08. The monoisotopic (exact) mass is 268 g/mol. The minimum atomic E-state index is 1.02. The molecular formula is C19H12N2. The molecule has 0 aliphatic carbocycles. The second kappa shape index (κ2) is 3.83. The van der Waals surface area contributed by atoms with Crippen LogP contribution in [0.1, 0.15) is 0 Å². The molecule has 3 heterocycles. The Hall–Kier alpha value is -2.87. The van der Waals surface area contributed by atoms with Crippen LogP contribution in [0.3, 0.4) is 0 Å². The van der Waals surface area contributed by atoms with Gasteiger partial charge in [-0.2, -0.15) is 0 Å². The zero-order valence-corrected chi connectivity index (χ0v) is 11.3. The Balaban J connectivity index is 2.25. The molecule has 5 rings (SSSR count). The largest absolute Gasteiger partial charge is 0.293 e. The van der Waals surface area contributed by atoms with E-state index in [9.17, 15) is 0 Å². The van der Waals surface area contributed by atoms with Gasteiger partial charge in [-0.25, -0.2) is 4.98 Å². The lowest BCUT2D eigenvalue weighted by atomic mass is 10.1. The molecule has 0 N–H and O–H groups in total. The lowest BCUT2D eigenvalue weighted by molar-refractivity contribution is 1.25. The molecule has 21 heavy (non-hydrogen) atoms. The van der Waals surface area contributed by atoms with Gasteiger partial charge in [-0.05, 0) is 29.7 Å². The molecule has 0 atom stereocenters. The molecule has 0 radical (unpaired) electrons. The summed E-state index contributed by atoms with van der Waals surface area (Å²) in [5.74, 6) is 0. The third kappa shape index (κ3) is 1.34. The van der Waals surface area contributed by atoms with Crippen LogP contribution in [-0.4, -0.2) is 9.38 Å². The van der Waals surface area contributed by atoms with Gasteiger partial charge in [-0.3, -0.25) is 4.40 Å². The van der Waals surface area contributed by atoms with Crippen LogP contribution in [-0.2, 0) is 0 Å². The fraction of sp³-hybridized carbons (Fsp3) is 0. The van der Waals surface area contributed by atoms with Crippen LogP contribution in [0.15, 0.2) is 72.9 Å². The van der Waals surface area contributed by atoms with E-state index in [1.807, 2.05) is 12.3 Å². The number of para-hydroxylation sites is 1. The lowest BCUT2D eigenvalue weighted by Crippen LogP contribution is -1.92. The molecule has 5 aromatic rings. The Kier molecular flexibility index (Phi) is 1.98. The van der Waals surface area contributed by atoms with Gasteiger partial charge < -0.3 is 0 Å². The maximum atomic E-state index is 4.64. The molecule has 0 aliphatic rings. The average molecular weight is 268 g/mol. The van der Waals surface area contributed by atoms with Crippen molar-refractivity contribution in [2.24, 2.45) is 0 Å². The molecule has 2 heteroatoms. The van der Waals surface area contributed by atoms with Crippen LogP contribution < -0.4 is 0 Å². The number of hydrogen-bond acceptors (Lipinski definition) is 1. The van der Waals surface area contributed by atoms with E-state index in [2.05, 4.69) is 70.0 Å². The van der Waals surface area contributed by atoms with E-state index in [0.717, 1.165) is 5.65 Å². The van der Waals surface area contributed by atoms with E-state index in [0.29, 0.717) is 0 Å². The normalized spacial score (nSPS) is 11.8. The van der Waals surface area contributed by atoms with Crippen molar-refractivity contribution in [1.82, 2.24) is 9.38 Å². The predicted octanol–water partition coefficient (Wildman–Crippen LogP) is 4.79. The third-order valence-electron chi connectivity index (χ3n) is 4.20. The highest BCUT2D eigenvalue weighted by molar-refractivity contribution is 6.14. The molecule has 0 fully saturated rings. The highest BCUT2D eigenvalue weighted by Crippen LogP contribution is 2.32. The van der Waals surface area contributed by atoms with Crippen molar-refractivity contribution in [3.63, 3.8) is 0 Å². The van der Waals surface area contributed by atoms with Crippen molar-refractivity contribution in [2.45, 2.75) is 0 Å². The Labute approximate surface area is 121 Å². The molecule has 0 bridgehead atoms. The maximum Gasteiger partial charge on any atom is 0.145 e. The number of benzene rings is 2. The van der Waals surface area contributed by atoms with Gasteiger partial charge in [0.25, 0.3) is 0 Å². The summed E-state index contributed by atoms with van der Waals surface area (Å²) in [5.41, 5.74) is 3.45. The van der Waals surface area contributed by atoms with E-state index >= 15 is 0 Å². The van der Waals surface area contributed by atoms with E-state index in [4.69, 9.17) is 0 Å². The molecule has 0 saturated heterocycles. The third-order valence-corrected chi connectivity index (χ3v) is 4.20. The minimum Gasteiger partial charge on any atom is -0.293 e. The van der Waals surface area contributed by atoms with Gasteiger partial charge in [0, 0.05) is 22.4 Å². The van der Waals surface area contributed by atoms with Gasteiger partial charge in [-0.15, -0.1) is 0 Å². The van der Waals surface area contributed by atoms with Crippen LogP contribution >= 0.6 is 0 Å². The number of aromatic nitrogens is 2. The second-order valence-corrected chi connectivity index (χ2v) is 5.34. The summed E-state index contributed by atoms with van der Waals surface area (Å²) >= 11 is 0. The second-order valence-electron chi connectivity index (χ2n) is 5.34. The average Bonchev–Trinajstić information content (AvgIpc) is 2.95. The smallest absolute Gasteiger partial charge is 0.145 e. The van der Waals surface area contributed by atoms with Crippen LogP contribution in [0, 0.1) is 0 Å². The standard InChI is InChI=1S/C19H12N2/c1-4-10-17-13(6-1)12-18-15-8-3-2-7-14(15)16-9-5-11-20-19(16)21(17)18/h1-12H. The highest BCUT2D eigenvalue weighted by atomic mass is 15.0. The topological polar surface area (TPSA) is 17.3 Å². The number of hydrogen-bond donors (Lipinski definition) is 0. The van der Waals surface area contributed by atoms with Gasteiger partial charge >= 0.3 is 0 Å². The molecule has 0 saturated carbocycles. The summed E-state index contributed by atoms with van der Waals surface area (Å²) in [7, 11) is 0. The fourth-order valence-electron chi connectivity index (χ4n) is 3.31. The first-order valence-electron chi connectivity index (χ1n) is 7.09. The Bertz CT molecular complexity index is 1140. The van der Waals surface area contributed by atoms with Crippen molar-refractivity contribution in [1.29, 1.82) is 0 Å². The number of fused-ring (bicyclic) bond motifs is 8. The fourth-order valence-corrected chi connectivity index (χ4v) is 3.31. The van der Waals surface area contributed by atoms with Crippen molar-refractivity contribution in [3.05, 3.63) is 72.9 Å². The van der Waals surface area contributed by atoms with Gasteiger partial charge in [0.2, 0.25) is 0 Å². The zero-order chi connectivity index (χ0) is 13.8. The number of nitrogens with zero attached hydrogens (tertiary/aromatic N) is 2. The molecule has 2 aromatic carbocycles. The van der Waals surface area contributed by atoms with E-state index < -0.39 is 0 Å². The summed E-state index contributed by atoms with van der Waals surface area (Å²) in [4.78, 5) is 4.64. The quantitative estimate of drug-likeness (QED) is 0.369. The summed E-state index contributed by atoms with van der Waals surface area (Å²) in [5, 5.41) is 4.98. The van der Waals surface area contributed by atoms with Crippen molar-refractivity contribution in [2.75, 3.05) is 0 Å². The first-order chi connectivity index (χ1) is 10.4. The summed E-state index contributed by atoms with van der Waals surface area (Å²) in [6, 6.07) is 23.5. The molecule has 3 aromatic heterocycles. The zero-order valence-electron chi connectivity index (χ0n) is 11.3. The van der Waals surface area contributed by atoms with Gasteiger partial charge in [-0.1, -0.05) is 42.5 Å². The Morgan fingerprint density at radius 1 is 0.667 bits per heavy atom. The number of rotatable bonds is 0. The minimum absolute atomic E-state index is 1.02. The SMILES string of the molecule is c1ccc2c(c1)cc1c3ccccc3c3cccnc3n21. The summed E-state index contributed by atoms with van der Waals surface area (Å²) in [6.45, 7) is 0. The first-order valence-corrected chi connectivity index (χ1v) is 7.09. The summed E-state index contributed by atoms with van der Waals surface area (Å²) in [6.07, 6.45) is 1.87. The highest BCUT2D eigenvalue weighted by Gasteiger charge is 2.11. The first kappa shape index (κ1) is 10.9. The molecule has 0 spiro atoms. The van der Waals surface area contributed by atoms with Crippen molar-refractivity contribution in [3.8, 4) is 0 Å². The molecule has 2 nitrogen and oxygen atoms in total. The van der Waals surface area contributed by atoms with Gasteiger partial charge in [0.05, 0.1) is 11.0 Å². The van der Waals surface area contributed by atoms with Crippen LogP contribution in [0.4, 0.5) is 0 Å². The Morgan fingerprint density at radius 2 is 1.43 bits per heavy atom. The number of pyridine rings is 2. The predicted molar refractivity (Wildman–Crippen MR) is 87.7 cm³/mol. The van der Waals surface area contributed by atoms with Gasteiger partial charge in [0.1, 0.15) is 5.65 Å². The molecular weight excluding hydrogens is 256 g/mol. The summed E-state index contributed by atoms with van der Waals surface area (Å²) < 4.78 is 2.27. The molecule has 0 aliphatic heterocycles. The van der Waals surface area contributed by atoms with E-state index in [-0.39, 0.29) is 0 Å². The van der Waals surface area contributed by atoms with Crippen LogP contribution in [0.5, 0.6) is 0 Å². The van der Waals surface area contributed by atoms with Crippen LogP contribution in [0.2, 0.25) is 0 Å². The van der Waals surface area contributed by atoms with Gasteiger partial charge in [0.15, 0.2) is 0 Å². The van der Waals surface area contributed by atoms with Crippen molar-refractivity contribution >= 4 is 38.2 Å². The molecule has 0 unspecified atom stereocenters. The van der Waals surface area contributed by atoms with Crippen molar-refractivity contribution < 1.29 is 0 Å². The molecule has 98 valence electrons. The van der Waals surface area contributed by atoms with Crippen LogP contribution in [0.25, 0.3) is 38.2 Å². The van der Waals surface area contributed by atoms with E-state index in [1.54, 1.807) is 0 Å².